The fourth-order valence-electron chi connectivity index (χ4n) is 4.65. The molecule has 9 heteroatoms. The van der Waals surface area contributed by atoms with E-state index in [0.29, 0.717) is 5.69 Å². The largest absolute Gasteiger partial charge is 0.352 e. The van der Waals surface area contributed by atoms with Gasteiger partial charge in [-0.2, -0.15) is 0 Å². The second kappa shape index (κ2) is 12.6. The molecule has 0 bridgehead atoms. The first-order valence-electron chi connectivity index (χ1n) is 12.7. The van der Waals surface area contributed by atoms with Crippen molar-refractivity contribution in [2.45, 2.75) is 56.1 Å². The Morgan fingerprint density at radius 2 is 1.58 bits per heavy atom. The summed E-state index contributed by atoms with van der Waals surface area (Å²) in [6, 6.07) is 23.4. The Labute approximate surface area is 233 Å². The first-order valence-corrected chi connectivity index (χ1v) is 15.0. The van der Waals surface area contributed by atoms with E-state index >= 15 is 0 Å². The summed E-state index contributed by atoms with van der Waals surface area (Å²) in [5.74, 6) is -0.708. The summed E-state index contributed by atoms with van der Waals surface area (Å²) < 4.78 is 29.4. The molecule has 0 saturated heterocycles. The van der Waals surface area contributed by atoms with Crippen molar-refractivity contribution in [2.75, 3.05) is 10.8 Å². The SMILES string of the molecule is C[C@H](C(=O)NC1CCCC1)N(Cc1cccc(Br)c1)C(=O)CN(c1ccccc1)S(=O)(=O)c1ccccc1. The van der Waals surface area contributed by atoms with Crippen LogP contribution in [0.3, 0.4) is 0 Å². The lowest BCUT2D eigenvalue weighted by molar-refractivity contribution is -0.139. The summed E-state index contributed by atoms with van der Waals surface area (Å²) in [4.78, 5) is 28.7. The average Bonchev–Trinajstić information content (AvgIpc) is 3.44. The summed E-state index contributed by atoms with van der Waals surface area (Å²) >= 11 is 3.47. The molecule has 0 radical (unpaired) electrons. The molecule has 1 fully saturated rings. The van der Waals surface area contributed by atoms with E-state index in [-0.39, 0.29) is 23.4 Å². The monoisotopic (exact) mass is 597 g/mol. The second-order valence-corrected chi connectivity index (χ2v) is 12.3. The highest BCUT2D eigenvalue weighted by molar-refractivity contribution is 9.10. The zero-order valence-corrected chi connectivity index (χ0v) is 23.7. The minimum absolute atomic E-state index is 0.0854. The summed E-state index contributed by atoms with van der Waals surface area (Å²) in [6.07, 6.45) is 4.00. The number of para-hydroxylation sites is 1. The molecule has 0 aliphatic heterocycles. The van der Waals surface area contributed by atoms with Gasteiger partial charge in [-0.15, -0.1) is 0 Å². The van der Waals surface area contributed by atoms with Crippen LogP contribution in [0.1, 0.15) is 38.2 Å². The zero-order chi connectivity index (χ0) is 27.1. The van der Waals surface area contributed by atoms with Crippen molar-refractivity contribution in [1.29, 1.82) is 0 Å². The van der Waals surface area contributed by atoms with E-state index in [1.807, 2.05) is 24.3 Å². The number of halogens is 1. The normalized spacial score (nSPS) is 14.6. The van der Waals surface area contributed by atoms with Crippen molar-refractivity contribution >= 4 is 43.5 Å². The van der Waals surface area contributed by atoms with Crippen molar-refractivity contribution in [3.05, 3.63) is 95.0 Å². The summed E-state index contributed by atoms with van der Waals surface area (Å²) in [5, 5.41) is 3.08. The Balaban J connectivity index is 1.66. The highest BCUT2D eigenvalue weighted by atomic mass is 79.9. The van der Waals surface area contributed by atoms with Gasteiger partial charge in [-0.1, -0.05) is 77.3 Å². The molecule has 1 aliphatic carbocycles. The molecule has 0 spiro atoms. The Bertz CT molecular complexity index is 1350. The maximum Gasteiger partial charge on any atom is 0.264 e. The average molecular weight is 599 g/mol. The van der Waals surface area contributed by atoms with Gasteiger partial charge in [0.2, 0.25) is 11.8 Å². The van der Waals surface area contributed by atoms with Crippen LogP contribution < -0.4 is 9.62 Å². The maximum atomic E-state index is 13.9. The first kappa shape index (κ1) is 27.9. The van der Waals surface area contributed by atoms with Crippen LogP contribution in [-0.4, -0.2) is 43.8 Å². The molecule has 3 aromatic rings. The van der Waals surface area contributed by atoms with Gasteiger partial charge in [-0.05, 0) is 61.7 Å². The van der Waals surface area contributed by atoms with Gasteiger partial charge in [-0.25, -0.2) is 8.42 Å². The molecule has 38 heavy (non-hydrogen) atoms. The predicted octanol–water partition coefficient (Wildman–Crippen LogP) is 5.12. The smallest absolute Gasteiger partial charge is 0.264 e. The van der Waals surface area contributed by atoms with Gasteiger partial charge in [0.25, 0.3) is 10.0 Å². The minimum atomic E-state index is -4.05. The Kier molecular flexibility index (Phi) is 9.22. The molecule has 0 aromatic heterocycles. The molecular formula is C29H32BrN3O4S. The summed E-state index contributed by atoms with van der Waals surface area (Å²) in [6.45, 7) is 1.40. The first-order chi connectivity index (χ1) is 18.3. The number of anilines is 1. The van der Waals surface area contributed by atoms with Crippen molar-refractivity contribution in [1.82, 2.24) is 10.2 Å². The molecule has 7 nitrogen and oxygen atoms in total. The predicted molar refractivity (Wildman–Crippen MR) is 152 cm³/mol. The summed E-state index contributed by atoms with van der Waals surface area (Å²) in [7, 11) is -4.05. The molecule has 1 saturated carbocycles. The molecule has 2 amide bonds. The minimum Gasteiger partial charge on any atom is -0.352 e. The van der Waals surface area contributed by atoms with Crippen LogP contribution >= 0.6 is 15.9 Å². The van der Waals surface area contributed by atoms with E-state index < -0.39 is 28.5 Å². The third-order valence-electron chi connectivity index (χ3n) is 6.77. The van der Waals surface area contributed by atoms with E-state index in [4.69, 9.17) is 0 Å². The molecule has 1 aliphatic rings. The fourth-order valence-corrected chi connectivity index (χ4v) is 6.53. The van der Waals surface area contributed by atoms with Gasteiger partial charge in [0.05, 0.1) is 10.6 Å². The van der Waals surface area contributed by atoms with Crippen LogP contribution in [-0.2, 0) is 26.2 Å². The van der Waals surface area contributed by atoms with Gasteiger partial charge in [0.1, 0.15) is 12.6 Å². The molecule has 4 rings (SSSR count). The van der Waals surface area contributed by atoms with Crippen LogP contribution in [0.4, 0.5) is 5.69 Å². The van der Waals surface area contributed by atoms with E-state index in [1.54, 1.807) is 55.5 Å². The van der Waals surface area contributed by atoms with Gasteiger partial charge in [0.15, 0.2) is 0 Å². The number of hydrogen-bond donors (Lipinski definition) is 1. The summed E-state index contributed by atoms with van der Waals surface area (Å²) in [5.41, 5.74) is 1.19. The van der Waals surface area contributed by atoms with Gasteiger partial charge < -0.3 is 10.2 Å². The molecule has 1 N–H and O–H groups in total. The lowest BCUT2D eigenvalue weighted by Crippen LogP contribution is -2.52. The van der Waals surface area contributed by atoms with Crippen molar-refractivity contribution in [3.63, 3.8) is 0 Å². The number of benzene rings is 3. The lowest BCUT2D eigenvalue weighted by Gasteiger charge is -2.32. The van der Waals surface area contributed by atoms with Crippen LogP contribution in [0.5, 0.6) is 0 Å². The Hall–Kier alpha value is -3.17. The number of nitrogens with one attached hydrogen (secondary N) is 1. The molecule has 3 aromatic carbocycles. The number of nitrogens with zero attached hydrogens (tertiary/aromatic N) is 2. The number of rotatable bonds is 10. The molecule has 1 atom stereocenters. The third kappa shape index (κ3) is 6.82. The standard InChI is InChI=1S/C29H32BrN3O4S/c1-22(29(35)31-25-13-8-9-14-25)32(20-23-11-10-12-24(30)19-23)28(34)21-33(26-15-4-2-5-16-26)38(36,37)27-17-6-3-7-18-27/h2-7,10-12,15-19,22,25H,8-9,13-14,20-21H2,1H3,(H,31,35)/t22-/m1/s1. The Morgan fingerprint density at radius 3 is 2.21 bits per heavy atom. The molecule has 0 heterocycles. The number of amides is 2. The zero-order valence-electron chi connectivity index (χ0n) is 21.3. The maximum absolute atomic E-state index is 13.9. The van der Waals surface area contributed by atoms with Crippen LogP contribution in [0.25, 0.3) is 0 Å². The van der Waals surface area contributed by atoms with Gasteiger partial charge in [0, 0.05) is 17.1 Å². The van der Waals surface area contributed by atoms with Crippen molar-refractivity contribution < 1.29 is 18.0 Å². The quantitative estimate of drug-likeness (QED) is 0.351. The fraction of sp³-hybridized carbons (Fsp3) is 0.310. The van der Waals surface area contributed by atoms with Crippen LogP contribution in [0.2, 0.25) is 0 Å². The number of carbonyl (C=O) groups excluding carboxylic acids is 2. The Morgan fingerprint density at radius 1 is 0.947 bits per heavy atom. The third-order valence-corrected chi connectivity index (χ3v) is 9.05. The highest BCUT2D eigenvalue weighted by Crippen LogP contribution is 2.25. The van der Waals surface area contributed by atoms with Gasteiger partial charge >= 0.3 is 0 Å². The van der Waals surface area contributed by atoms with Gasteiger partial charge in [-0.3, -0.25) is 13.9 Å². The van der Waals surface area contributed by atoms with E-state index in [9.17, 15) is 18.0 Å². The van der Waals surface area contributed by atoms with E-state index in [1.165, 1.54) is 17.0 Å². The molecular weight excluding hydrogens is 566 g/mol. The number of sulfonamides is 1. The molecule has 200 valence electrons. The lowest BCUT2D eigenvalue weighted by atomic mass is 10.1. The topological polar surface area (TPSA) is 86.8 Å². The highest BCUT2D eigenvalue weighted by Gasteiger charge is 2.33. The van der Waals surface area contributed by atoms with E-state index in [2.05, 4.69) is 21.2 Å². The number of carbonyl (C=O) groups is 2. The van der Waals surface area contributed by atoms with Crippen molar-refractivity contribution in [3.8, 4) is 0 Å². The van der Waals surface area contributed by atoms with Crippen LogP contribution in [0.15, 0.2) is 94.3 Å². The van der Waals surface area contributed by atoms with E-state index in [0.717, 1.165) is 40.0 Å². The molecule has 0 unspecified atom stereocenters. The number of hydrogen-bond acceptors (Lipinski definition) is 4. The van der Waals surface area contributed by atoms with Crippen LogP contribution in [0, 0.1) is 0 Å². The van der Waals surface area contributed by atoms with Crippen molar-refractivity contribution in [2.24, 2.45) is 0 Å². The second-order valence-electron chi connectivity index (χ2n) is 9.48.